The molecule has 4 rings (SSSR count). The van der Waals surface area contributed by atoms with E-state index in [0.717, 1.165) is 31.1 Å². The molecule has 0 radical (unpaired) electrons. The summed E-state index contributed by atoms with van der Waals surface area (Å²) in [4.78, 5) is 16.4. The Morgan fingerprint density at radius 3 is 3.11 bits per heavy atom. The molecule has 1 atom stereocenters. The van der Waals surface area contributed by atoms with Gasteiger partial charge >= 0.3 is 0 Å². The highest BCUT2D eigenvalue weighted by Gasteiger charge is 2.16. The number of aromatic nitrogens is 3. The number of anilines is 2. The zero-order chi connectivity index (χ0) is 18.6. The lowest BCUT2D eigenvalue weighted by Gasteiger charge is -2.08. The third kappa shape index (κ3) is 4.92. The van der Waals surface area contributed by atoms with E-state index in [1.807, 2.05) is 0 Å². The Labute approximate surface area is 166 Å². The fourth-order valence-electron chi connectivity index (χ4n) is 2.58. The van der Waals surface area contributed by atoms with Crippen molar-refractivity contribution in [3.05, 3.63) is 24.0 Å². The smallest absolute Gasteiger partial charge is 0.236 e. The Morgan fingerprint density at radius 1 is 1.33 bits per heavy atom. The van der Waals surface area contributed by atoms with Crippen molar-refractivity contribution >= 4 is 60.8 Å². The summed E-state index contributed by atoms with van der Waals surface area (Å²) in [6.45, 7) is 1.54. The standard InChI is InChI=1S/C16H16FN5O2S3/c17-9-3-4-11-12(6-9)26-15(19-11)20-13(23)8-25-16-22-21-14(27-16)18-7-10-2-1-5-24-10/h3-4,6,10H,1-2,5,7-8H2,(H,18,21)(H,19,20,23). The van der Waals surface area contributed by atoms with Crippen LogP contribution in [-0.2, 0) is 9.53 Å². The van der Waals surface area contributed by atoms with Crippen LogP contribution in [0, 0.1) is 5.82 Å². The van der Waals surface area contributed by atoms with Crippen molar-refractivity contribution in [2.75, 3.05) is 29.5 Å². The molecular weight excluding hydrogens is 409 g/mol. The number of fused-ring (bicyclic) bond motifs is 1. The number of carbonyl (C=O) groups excluding carboxylic acids is 1. The van der Waals surface area contributed by atoms with E-state index in [1.165, 1.54) is 46.6 Å². The highest BCUT2D eigenvalue weighted by atomic mass is 32.2. The van der Waals surface area contributed by atoms with Crippen molar-refractivity contribution < 1.29 is 13.9 Å². The Bertz CT molecular complexity index is 941. The first-order chi connectivity index (χ1) is 13.2. The van der Waals surface area contributed by atoms with Gasteiger partial charge in [-0.05, 0) is 31.0 Å². The molecule has 7 nitrogen and oxygen atoms in total. The molecule has 11 heteroatoms. The van der Waals surface area contributed by atoms with Crippen LogP contribution in [0.25, 0.3) is 10.2 Å². The fourth-order valence-corrected chi connectivity index (χ4v) is 5.05. The van der Waals surface area contributed by atoms with Crippen LogP contribution in [0.5, 0.6) is 0 Å². The Morgan fingerprint density at radius 2 is 2.26 bits per heavy atom. The summed E-state index contributed by atoms with van der Waals surface area (Å²) < 4.78 is 20.2. The number of ether oxygens (including phenoxy) is 1. The van der Waals surface area contributed by atoms with Gasteiger partial charge in [0.25, 0.3) is 0 Å². The first-order valence-electron chi connectivity index (χ1n) is 8.33. The molecule has 1 aliphatic heterocycles. The third-order valence-corrected chi connectivity index (χ3v) is 6.78. The number of carbonyl (C=O) groups is 1. The van der Waals surface area contributed by atoms with Crippen LogP contribution in [0.1, 0.15) is 12.8 Å². The summed E-state index contributed by atoms with van der Waals surface area (Å²) in [5.41, 5.74) is 0.662. The third-order valence-electron chi connectivity index (χ3n) is 3.83. The lowest BCUT2D eigenvalue weighted by molar-refractivity contribution is -0.113. The highest BCUT2D eigenvalue weighted by molar-refractivity contribution is 8.01. The van der Waals surface area contributed by atoms with E-state index in [9.17, 15) is 9.18 Å². The number of amides is 1. The van der Waals surface area contributed by atoms with Crippen LogP contribution in [0.2, 0.25) is 0 Å². The highest BCUT2D eigenvalue weighted by Crippen LogP contribution is 2.28. The van der Waals surface area contributed by atoms with E-state index in [0.29, 0.717) is 19.7 Å². The molecule has 27 heavy (non-hydrogen) atoms. The molecule has 1 amide bonds. The van der Waals surface area contributed by atoms with Crippen LogP contribution in [0.3, 0.4) is 0 Å². The van der Waals surface area contributed by atoms with E-state index >= 15 is 0 Å². The molecule has 1 fully saturated rings. The van der Waals surface area contributed by atoms with Gasteiger partial charge in [0.2, 0.25) is 11.0 Å². The molecule has 1 aliphatic rings. The minimum absolute atomic E-state index is 0.191. The van der Waals surface area contributed by atoms with E-state index in [1.54, 1.807) is 6.07 Å². The zero-order valence-electron chi connectivity index (χ0n) is 14.1. The van der Waals surface area contributed by atoms with Crippen LogP contribution in [0.15, 0.2) is 22.5 Å². The Kier molecular flexibility index (Phi) is 5.81. The largest absolute Gasteiger partial charge is 0.376 e. The lowest BCUT2D eigenvalue weighted by atomic mass is 10.2. The molecule has 1 aromatic carbocycles. The number of hydrogen-bond acceptors (Lipinski definition) is 9. The van der Waals surface area contributed by atoms with Crippen molar-refractivity contribution in [2.24, 2.45) is 0 Å². The van der Waals surface area contributed by atoms with Crippen molar-refractivity contribution in [3.8, 4) is 0 Å². The van der Waals surface area contributed by atoms with Crippen molar-refractivity contribution in [2.45, 2.75) is 23.3 Å². The molecule has 1 unspecified atom stereocenters. The molecular formula is C16H16FN5O2S3. The van der Waals surface area contributed by atoms with Gasteiger partial charge in [-0.2, -0.15) is 0 Å². The molecule has 0 bridgehead atoms. The van der Waals surface area contributed by atoms with Crippen molar-refractivity contribution in [1.82, 2.24) is 15.2 Å². The minimum Gasteiger partial charge on any atom is -0.376 e. The molecule has 2 aromatic heterocycles. The summed E-state index contributed by atoms with van der Waals surface area (Å²) >= 11 is 3.97. The van der Waals surface area contributed by atoms with Gasteiger partial charge in [0.05, 0.1) is 22.1 Å². The van der Waals surface area contributed by atoms with E-state index in [-0.39, 0.29) is 23.6 Å². The molecule has 2 N–H and O–H groups in total. The number of rotatable bonds is 7. The first-order valence-corrected chi connectivity index (χ1v) is 11.0. The number of benzene rings is 1. The molecule has 1 saturated heterocycles. The predicted molar refractivity (Wildman–Crippen MR) is 106 cm³/mol. The molecule has 0 saturated carbocycles. The minimum atomic E-state index is -0.320. The number of halogens is 1. The second-order valence-corrected chi connectivity index (χ2v) is 9.09. The van der Waals surface area contributed by atoms with E-state index < -0.39 is 0 Å². The van der Waals surface area contributed by atoms with Crippen molar-refractivity contribution in [1.29, 1.82) is 0 Å². The van der Waals surface area contributed by atoms with Crippen LogP contribution >= 0.6 is 34.4 Å². The van der Waals surface area contributed by atoms with Gasteiger partial charge in [0, 0.05) is 13.2 Å². The summed E-state index contributed by atoms with van der Waals surface area (Å²) in [5, 5.41) is 15.3. The maximum atomic E-state index is 13.2. The predicted octanol–water partition coefficient (Wildman–Crippen LogP) is 3.61. The second kappa shape index (κ2) is 8.46. The zero-order valence-corrected chi connectivity index (χ0v) is 16.6. The van der Waals surface area contributed by atoms with Crippen molar-refractivity contribution in [3.63, 3.8) is 0 Å². The fraction of sp³-hybridized carbons (Fsp3) is 0.375. The normalized spacial score (nSPS) is 16.7. The molecule has 142 valence electrons. The van der Waals surface area contributed by atoms with Gasteiger partial charge in [-0.1, -0.05) is 34.4 Å². The average Bonchev–Trinajstić information content (AvgIpc) is 3.38. The van der Waals surface area contributed by atoms with Crippen LogP contribution in [-0.4, -0.2) is 46.1 Å². The molecule has 3 heterocycles. The van der Waals surface area contributed by atoms with Gasteiger partial charge in [0.1, 0.15) is 5.82 Å². The molecule has 3 aromatic rings. The van der Waals surface area contributed by atoms with Gasteiger partial charge in [-0.15, -0.1) is 10.2 Å². The second-order valence-electron chi connectivity index (χ2n) is 5.86. The summed E-state index contributed by atoms with van der Waals surface area (Å²) in [6, 6.07) is 4.35. The van der Waals surface area contributed by atoms with Crippen LogP contribution in [0.4, 0.5) is 14.7 Å². The van der Waals surface area contributed by atoms with Crippen LogP contribution < -0.4 is 10.6 Å². The van der Waals surface area contributed by atoms with E-state index in [4.69, 9.17) is 4.74 Å². The summed E-state index contributed by atoms with van der Waals surface area (Å²) in [7, 11) is 0. The number of nitrogens with one attached hydrogen (secondary N) is 2. The summed E-state index contributed by atoms with van der Waals surface area (Å²) in [6.07, 6.45) is 2.40. The number of hydrogen-bond donors (Lipinski definition) is 2. The lowest BCUT2D eigenvalue weighted by Crippen LogP contribution is -2.18. The Hall–Kier alpha value is -1.82. The number of nitrogens with zero attached hydrogens (tertiary/aromatic N) is 3. The number of thioether (sulfide) groups is 1. The van der Waals surface area contributed by atoms with Gasteiger partial charge in [-0.25, -0.2) is 9.37 Å². The van der Waals surface area contributed by atoms with Gasteiger partial charge in [-0.3, -0.25) is 4.79 Å². The van der Waals surface area contributed by atoms with Gasteiger partial charge < -0.3 is 15.4 Å². The number of thiazole rings is 1. The maximum absolute atomic E-state index is 13.2. The van der Waals surface area contributed by atoms with E-state index in [2.05, 4.69) is 25.8 Å². The molecule has 0 aliphatic carbocycles. The SMILES string of the molecule is O=C(CSc1nnc(NCC2CCCO2)s1)Nc1nc2ccc(F)cc2s1. The topological polar surface area (TPSA) is 89.0 Å². The van der Waals surface area contributed by atoms with Gasteiger partial charge in [0.15, 0.2) is 9.47 Å². The monoisotopic (exact) mass is 425 g/mol. The maximum Gasteiger partial charge on any atom is 0.236 e. The quantitative estimate of drug-likeness (QED) is 0.559. The molecule has 0 spiro atoms. The summed E-state index contributed by atoms with van der Waals surface area (Å²) in [5.74, 6) is -0.312. The average molecular weight is 426 g/mol. The Balaban J connectivity index is 1.26. The first kappa shape index (κ1) is 18.5.